The fourth-order valence-electron chi connectivity index (χ4n) is 2.31. The summed E-state index contributed by atoms with van der Waals surface area (Å²) in [5, 5.41) is 0. The van der Waals surface area contributed by atoms with Gasteiger partial charge in [-0.3, -0.25) is 4.79 Å². The highest BCUT2D eigenvalue weighted by Gasteiger charge is 2.28. The Morgan fingerprint density at radius 3 is 2.32 bits per heavy atom. The third kappa shape index (κ3) is 3.21. The minimum atomic E-state index is 0.107. The van der Waals surface area contributed by atoms with Crippen LogP contribution in [0.2, 0.25) is 0 Å². The maximum atomic E-state index is 12.5. The Morgan fingerprint density at radius 2 is 1.89 bits per heavy atom. The molecule has 0 aliphatic heterocycles. The molecule has 19 heavy (non-hydrogen) atoms. The molecule has 1 aliphatic rings. The van der Waals surface area contributed by atoms with Crippen LogP contribution in [0.5, 0.6) is 0 Å². The molecule has 1 fully saturated rings. The average Bonchev–Trinajstić information content (AvgIpc) is 2.35. The molecule has 0 atom stereocenters. The van der Waals surface area contributed by atoms with Gasteiger partial charge in [0.05, 0.1) is 0 Å². The van der Waals surface area contributed by atoms with Gasteiger partial charge in [0.25, 0.3) is 5.91 Å². The van der Waals surface area contributed by atoms with Gasteiger partial charge in [0.1, 0.15) is 0 Å². The molecule has 3 nitrogen and oxygen atoms in total. The Morgan fingerprint density at radius 1 is 1.26 bits per heavy atom. The molecular formula is C15H21ClN2O. The van der Waals surface area contributed by atoms with Crippen LogP contribution in [-0.4, -0.2) is 43.4 Å². The predicted octanol–water partition coefficient (Wildman–Crippen LogP) is 2.99. The second kappa shape index (κ2) is 6.29. The normalized spacial score (nSPS) is 14.9. The largest absolute Gasteiger partial charge is 0.378 e. The molecule has 0 spiro atoms. The highest BCUT2D eigenvalue weighted by Crippen LogP contribution is 2.26. The van der Waals surface area contributed by atoms with Gasteiger partial charge >= 0.3 is 0 Å². The van der Waals surface area contributed by atoms with Crippen LogP contribution in [0.15, 0.2) is 24.3 Å². The van der Waals surface area contributed by atoms with Gasteiger partial charge in [0.2, 0.25) is 0 Å². The van der Waals surface area contributed by atoms with Crippen molar-refractivity contribution in [1.29, 1.82) is 0 Å². The van der Waals surface area contributed by atoms with Crippen LogP contribution < -0.4 is 4.90 Å². The van der Waals surface area contributed by atoms with E-state index < -0.39 is 0 Å². The number of anilines is 1. The number of hydrogen-bond donors (Lipinski definition) is 0. The summed E-state index contributed by atoms with van der Waals surface area (Å²) in [6.07, 6.45) is 3.44. The maximum Gasteiger partial charge on any atom is 0.254 e. The molecule has 4 heteroatoms. The molecular weight excluding hydrogens is 260 g/mol. The van der Waals surface area contributed by atoms with Crippen molar-refractivity contribution >= 4 is 23.2 Å². The maximum absolute atomic E-state index is 12.5. The lowest BCUT2D eigenvalue weighted by atomic mass is 9.91. The van der Waals surface area contributed by atoms with Crippen molar-refractivity contribution < 1.29 is 4.79 Å². The van der Waals surface area contributed by atoms with Gasteiger partial charge in [-0.15, -0.1) is 11.6 Å². The number of rotatable bonds is 5. The summed E-state index contributed by atoms with van der Waals surface area (Å²) >= 11 is 5.82. The number of amides is 1. The Hall–Kier alpha value is -1.22. The van der Waals surface area contributed by atoms with Crippen LogP contribution in [0, 0.1) is 0 Å². The summed E-state index contributed by atoms with van der Waals surface area (Å²) in [4.78, 5) is 16.5. The van der Waals surface area contributed by atoms with E-state index in [1.165, 1.54) is 6.42 Å². The first-order valence-corrected chi connectivity index (χ1v) is 7.31. The fourth-order valence-corrected chi connectivity index (χ4v) is 2.49. The molecule has 0 aromatic heterocycles. The van der Waals surface area contributed by atoms with Crippen molar-refractivity contribution in [3.63, 3.8) is 0 Å². The molecule has 1 aromatic carbocycles. The van der Waals surface area contributed by atoms with Gasteiger partial charge in [-0.2, -0.15) is 0 Å². The van der Waals surface area contributed by atoms with E-state index in [9.17, 15) is 4.79 Å². The van der Waals surface area contributed by atoms with E-state index in [0.717, 1.165) is 24.1 Å². The lowest BCUT2D eigenvalue weighted by Crippen LogP contribution is -2.45. The zero-order valence-corrected chi connectivity index (χ0v) is 12.4. The quantitative estimate of drug-likeness (QED) is 0.774. The number of benzene rings is 1. The zero-order valence-electron chi connectivity index (χ0n) is 11.6. The Kier molecular flexibility index (Phi) is 4.70. The van der Waals surface area contributed by atoms with Crippen LogP contribution in [0.3, 0.4) is 0 Å². The van der Waals surface area contributed by atoms with Crippen LogP contribution >= 0.6 is 11.6 Å². The molecule has 1 aliphatic carbocycles. The first-order chi connectivity index (χ1) is 9.13. The smallest absolute Gasteiger partial charge is 0.254 e. The van der Waals surface area contributed by atoms with E-state index in [0.29, 0.717) is 18.5 Å². The first kappa shape index (κ1) is 14.2. The van der Waals surface area contributed by atoms with E-state index in [1.54, 1.807) is 0 Å². The van der Waals surface area contributed by atoms with Crippen LogP contribution in [0.1, 0.15) is 29.6 Å². The number of carbonyl (C=O) groups excluding carboxylic acids is 1. The second-order valence-electron chi connectivity index (χ2n) is 5.21. The van der Waals surface area contributed by atoms with E-state index in [2.05, 4.69) is 0 Å². The van der Waals surface area contributed by atoms with Crippen LogP contribution in [0.4, 0.5) is 5.69 Å². The standard InChI is InChI=1S/C15H21ClN2O/c1-17(2)13-8-6-12(7-9-13)15(19)18(11-10-16)14-4-3-5-14/h6-9,14H,3-5,10-11H2,1-2H3. The number of nitrogens with zero attached hydrogens (tertiary/aromatic N) is 2. The van der Waals surface area contributed by atoms with Gasteiger partial charge in [0, 0.05) is 43.8 Å². The molecule has 1 amide bonds. The molecule has 0 bridgehead atoms. The second-order valence-corrected chi connectivity index (χ2v) is 5.59. The van der Waals surface area contributed by atoms with Crippen molar-refractivity contribution in [2.24, 2.45) is 0 Å². The monoisotopic (exact) mass is 280 g/mol. The summed E-state index contributed by atoms with van der Waals surface area (Å²) in [7, 11) is 3.98. The third-order valence-electron chi connectivity index (χ3n) is 3.73. The topological polar surface area (TPSA) is 23.6 Å². The lowest BCUT2D eigenvalue weighted by molar-refractivity contribution is 0.0598. The predicted molar refractivity (Wildman–Crippen MR) is 80.2 cm³/mol. The molecule has 2 rings (SSSR count). The van der Waals surface area contributed by atoms with Gasteiger partial charge in [-0.1, -0.05) is 0 Å². The summed E-state index contributed by atoms with van der Waals surface area (Å²) in [5.41, 5.74) is 1.85. The zero-order chi connectivity index (χ0) is 13.8. The highest BCUT2D eigenvalue weighted by atomic mass is 35.5. The Labute approximate surface area is 120 Å². The van der Waals surface area contributed by atoms with Crippen molar-refractivity contribution in [3.8, 4) is 0 Å². The van der Waals surface area contributed by atoms with Gasteiger partial charge in [-0.05, 0) is 43.5 Å². The van der Waals surface area contributed by atoms with Gasteiger partial charge in [0.15, 0.2) is 0 Å². The molecule has 0 saturated heterocycles. The molecule has 104 valence electrons. The van der Waals surface area contributed by atoms with E-state index in [4.69, 9.17) is 11.6 Å². The Balaban J connectivity index is 2.11. The SMILES string of the molecule is CN(C)c1ccc(C(=O)N(CCCl)C2CCC2)cc1. The van der Waals surface area contributed by atoms with E-state index in [1.807, 2.05) is 48.2 Å². The van der Waals surface area contributed by atoms with Crippen molar-refractivity contribution in [2.45, 2.75) is 25.3 Å². The van der Waals surface area contributed by atoms with Crippen LogP contribution in [0.25, 0.3) is 0 Å². The number of halogens is 1. The molecule has 1 saturated carbocycles. The first-order valence-electron chi connectivity index (χ1n) is 6.78. The molecule has 0 unspecified atom stereocenters. The highest BCUT2D eigenvalue weighted by molar-refractivity contribution is 6.18. The number of hydrogen-bond acceptors (Lipinski definition) is 2. The van der Waals surface area contributed by atoms with Crippen molar-refractivity contribution in [2.75, 3.05) is 31.4 Å². The number of alkyl halides is 1. The molecule has 0 heterocycles. The van der Waals surface area contributed by atoms with E-state index in [-0.39, 0.29) is 5.91 Å². The van der Waals surface area contributed by atoms with Gasteiger partial charge in [-0.25, -0.2) is 0 Å². The molecule has 1 aromatic rings. The van der Waals surface area contributed by atoms with E-state index >= 15 is 0 Å². The van der Waals surface area contributed by atoms with Crippen molar-refractivity contribution in [1.82, 2.24) is 4.90 Å². The fraction of sp³-hybridized carbons (Fsp3) is 0.533. The lowest BCUT2D eigenvalue weighted by Gasteiger charge is -2.37. The third-order valence-corrected chi connectivity index (χ3v) is 3.90. The summed E-state index contributed by atoms with van der Waals surface area (Å²) < 4.78 is 0. The summed E-state index contributed by atoms with van der Waals surface area (Å²) in [6, 6.07) is 8.15. The summed E-state index contributed by atoms with van der Waals surface area (Å²) in [5.74, 6) is 0.605. The van der Waals surface area contributed by atoms with Crippen LogP contribution in [-0.2, 0) is 0 Å². The minimum absolute atomic E-state index is 0.107. The summed E-state index contributed by atoms with van der Waals surface area (Å²) in [6.45, 7) is 0.639. The average molecular weight is 281 g/mol. The molecule has 0 radical (unpaired) electrons. The Bertz CT molecular complexity index is 426. The van der Waals surface area contributed by atoms with Gasteiger partial charge < -0.3 is 9.80 Å². The van der Waals surface area contributed by atoms with Crippen molar-refractivity contribution in [3.05, 3.63) is 29.8 Å². The number of carbonyl (C=O) groups is 1. The minimum Gasteiger partial charge on any atom is -0.378 e. The molecule has 0 N–H and O–H groups in total.